The molecule has 0 amide bonds. The Kier molecular flexibility index (Phi) is 4.53. The summed E-state index contributed by atoms with van der Waals surface area (Å²) in [6.45, 7) is 4.66. The lowest BCUT2D eigenvalue weighted by Gasteiger charge is -2.22. The summed E-state index contributed by atoms with van der Waals surface area (Å²) in [4.78, 5) is 13.0. The minimum atomic E-state index is -1.09. The van der Waals surface area contributed by atoms with Gasteiger partial charge in [0.15, 0.2) is 0 Å². The zero-order valence-electron chi connectivity index (χ0n) is 11.2. The molecule has 0 aromatic heterocycles. The minimum Gasteiger partial charge on any atom is -0.478 e. The third-order valence-corrected chi connectivity index (χ3v) is 3.45. The highest BCUT2D eigenvalue weighted by molar-refractivity contribution is 5.87. The Morgan fingerprint density at radius 1 is 1.47 bits per heavy atom. The lowest BCUT2D eigenvalue weighted by molar-refractivity contribution is 0.0696. The van der Waals surface area contributed by atoms with Crippen molar-refractivity contribution in [3.05, 3.63) is 35.1 Å². The Bertz CT molecular complexity index is 457. The average molecular weight is 265 g/mol. The molecule has 0 saturated heterocycles. The van der Waals surface area contributed by atoms with Crippen LogP contribution in [0.15, 0.2) is 18.2 Å². The quantitative estimate of drug-likeness (QED) is 0.823. The SMILES string of the molecule is CCCN(Cc1ccc(C(=O)O)cc1F)CC1CC1. The summed E-state index contributed by atoms with van der Waals surface area (Å²) in [5, 5.41) is 8.82. The Morgan fingerprint density at radius 2 is 2.21 bits per heavy atom. The van der Waals surface area contributed by atoms with Crippen LogP contribution in [0.2, 0.25) is 0 Å². The van der Waals surface area contributed by atoms with Crippen LogP contribution >= 0.6 is 0 Å². The van der Waals surface area contributed by atoms with Crippen LogP contribution in [0.5, 0.6) is 0 Å². The molecule has 0 bridgehead atoms. The third-order valence-electron chi connectivity index (χ3n) is 3.45. The fraction of sp³-hybridized carbons (Fsp3) is 0.533. The standard InChI is InChI=1S/C15H20FNO2/c1-2-7-17(9-11-3-4-11)10-13-6-5-12(15(18)19)8-14(13)16/h5-6,8,11H,2-4,7,9-10H2,1H3,(H,18,19). The minimum absolute atomic E-state index is 0.00508. The van der Waals surface area contributed by atoms with Gasteiger partial charge in [0.25, 0.3) is 0 Å². The van der Waals surface area contributed by atoms with E-state index in [1.54, 1.807) is 6.07 Å². The van der Waals surface area contributed by atoms with E-state index in [1.807, 2.05) is 0 Å². The van der Waals surface area contributed by atoms with Crippen molar-refractivity contribution < 1.29 is 14.3 Å². The monoisotopic (exact) mass is 265 g/mol. The van der Waals surface area contributed by atoms with Crippen LogP contribution in [-0.4, -0.2) is 29.1 Å². The summed E-state index contributed by atoms with van der Waals surface area (Å²) >= 11 is 0. The summed E-state index contributed by atoms with van der Waals surface area (Å²) in [6.07, 6.45) is 3.60. The number of nitrogens with zero attached hydrogens (tertiary/aromatic N) is 1. The first-order valence-electron chi connectivity index (χ1n) is 6.84. The van der Waals surface area contributed by atoms with Crippen molar-refractivity contribution >= 4 is 5.97 Å². The average Bonchev–Trinajstić information content (AvgIpc) is 3.15. The Morgan fingerprint density at radius 3 is 2.74 bits per heavy atom. The van der Waals surface area contributed by atoms with Crippen molar-refractivity contribution in [3.63, 3.8) is 0 Å². The number of benzene rings is 1. The highest BCUT2D eigenvalue weighted by atomic mass is 19.1. The molecular formula is C15H20FNO2. The molecule has 0 radical (unpaired) electrons. The molecule has 1 aliphatic carbocycles. The van der Waals surface area contributed by atoms with Gasteiger partial charge in [0.2, 0.25) is 0 Å². The first-order valence-corrected chi connectivity index (χ1v) is 6.84. The molecule has 3 nitrogen and oxygen atoms in total. The van der Waals surface area contributed by atoms with Gasteiger partial charge in [0.05, 0.1) is 5.56 Å². The lowest BCUT2D eigenvalue weighted by Crippen LogP contribution is -2.27. The van der Waals surface area contributed by atoms with E-state index in [9.17, 15) is 9.18 Å². The summed E-state index contributed by atoms with van der Waals surface area (Å²) in [5.74, 6) is -0.737. The van der Waals surface area contributed by atoms with Crippen LogP contribution in [0.4, 0.5) is 4.39 Å². The maximum Gasteiger partial charge on any atom is 0.335 e. The van der Waals surface area contributed by atoms with E-state index in [2.05, 4.69) is 11.8 Å². The molecule has 4 heteroatoms. The number of carbonyl (C=O) groups is 1. The summed E-state index contributed by atoms with van der Waals surface area (Å²) in [6, 6.07) is 4.18. The molecular weight excluding hydrogens is 245 g/mol. The molecule has 0 spiro atoms. The number of hydrogen-bond donors (Lipinski definition) is 1. The second-order valence-electron chi connectivity index (χ2n) is 5.29. The van der Waals surface area contributed by atoms with Crippen molar-refractivity contribution in [1.29, 1.82) is 0 Å². The van der Waals surface area contributed by atoms with Gasteiger partial charge in [-0.05, 0) is 43.9 Å². The largest absolute Gasteiger partial charge is 0.478 e. The molecule has 0 unspecified atom stereocenters. The van der Waals surface area contributed by atoms with Crippen LogP contribution < -0.4 is 0 Å². The molecule has 1 fully saturated rings. The molecule has 1 aromatic rings. The van der Waals surface area contributed by atoms with Gasteiger partial charge < -0.3 is 5.11 Å². The maximum absolute atomic E-state index is 13.9. The molecule has 19 heavy (non-hydrogen) atoms. The molecule has 104 valence electrons. The van der Waals surface area contributed by atoms with E-state index in [-0.39, 0.29) is 5.56 Å². The molecule has 2 rings (SSSR count). The van der Waals surface area contributed by atoms with Crippen LogP contribution in [0, 0.1) is 11.7 Å². The van der Waals surface area contributed by atoms with Crippen molar-refractivity contribution in [2.45, 2.75) is 32.7 Å². The van der Waals surface area contributed by atoms with Gasteiger partial charge in [-0.15, -0.1) is 0 Å². The fourth-order valence-electron chi connectivity index (χ4n) is 2.27. The normalized spacial score (nSPS) is 14.9. The highest BCUT2D eigenvalue weighted by Gasteiger charge is 2.24. The van der Waals surface area contributed by atoms with Crippen molar-refractivity contribution in [2.75, 3.05) is 13.1 Å². The van der Waals surface area contributed by atoms with Crippen molar-refractivity contribution in [3.8, 4) is 0 Å². The second-order valence-corrected chi connectivity index (χ2v) is 5.29. The molecule has 0 heterocycles. The van der Waals surface area contributed by atoms with Crippen molar-refractivity contribution in [2.24, 2.45) is 5.92 Å². The van der Waals surface area contributed by atoms with Gasteiger partial charge >= 0.3 is 5.97 Å². The molecule has 1 N–H and O–H groups in total. The molecule has 1 aromatic carbocycles. The van der Waals surface area contributed by atoms with Gasteiger partial charge in [-0.3, -0.25) is 4.90 Å². The second kappa shape index (κ2) is 6.15. The number of hydrogen-bond acceptors (Lipinski definition) is 2. The molecule has 0 aliphatic heterocycles. The molecule has 0 atom stereocenters. The number of carboxylic acids is 1. The van der Waals surface area contributed by atoms with Crippen LogP contribution in [0.1, 0.15) is 42.1 Å². The van der Waals surface area contributed by atoms with E-state index >= 15 is 0 Å². The van der Waals surface area contributed by atoms with Crippen LogP contribution in [0.25, 0.3) is 0 Å². The van der Waals surface area contributed by atoms with E-state index in [4.69, 9.17) is 5.11 Å². The molecule has 1 aliphatic rings. The predicted octanol–water partition coefficient (Wildman–Crippen LogP) is 3.15. The summed E-state index contributed by atoms with van der Waals surface area (Å²) in [5.41, 5.74) is 0.588. The Balaban J connectivity index is 2.04. The van der Waals surface area contributed by atoms with E-state index < -0.39 is 11.8 Å². The number of rotatable bonds is 7. The Hall–Kier alpha value is -1.42. The van der Waals surface area contributed by atoms with Crippen LogP contribution in [0.3, 0.4) is 0 Å². The van der Waals surface area contributed by atoms with Gasteiger partial charge in [0.1, 0.15) is 5.82 Å². The van der Waals surface area contributed by atoms with E-state index in [1.165, 1.54) is 18.9 Å². The predicted molar refractivity (Wildman–Crippen MR) is 71.7 cm³/mol. The van der Waals surface area contributed by atoms with E-state index in [0.29, 0.717) is 12.1 Å². The van der Waals surface area contributed by atoms with Gasteiger partial charge in [-0.1, -0.05) is 13.0 Å². The molecule has 1 saturated carbocycles. The smallest absolute Gasteiger partial charge is 0.335 e. The zero-order valence-corrected chi connectivity index (χ0v) is 11.2. The van der Waals surface area contributed by atoms with Crippen molar-refractivity contribution in [1.82, 2.24) is 4.90 Å². The maximum atomic E-state index is 13.9. The first-order chi connectivity index (χ1) is 9.10. The van der Waals surface area contributed by atoms with Gasteiger partial charge in [-0.2, -0.15) is 0 Å². The van der Waals surface area contributed by atoms with Gasteiger partial charge in [0, 0.05) is 18.7 Å². The number of aromatic carboxylic acids is 1. The van der Waals surface area contributed by atoms with Gasteiger partial charge in [-0.25, -0.2) is 9.18 Å². The highest BCUT2D eigenvalue weighted by Crippen LogP contribution is 2.30. The lowest BCUT2D eigenvalue weighted by atomic mass is 10.1. The third kappa shape index (κ3) is 4.03. The first kappa shape index (κ1) is 14.0. The zero-order chi connectivity index (χ0) is 13.8. The summed E-state index contributed by atoms with van der Waals surface area (Å²) in [7, 11) is 0. The number of halogens is 1. The Labute approximate surface area is 113 Å². The van der Waals surface area contributed by atoms with Crippen LogP contribution in [-0.2, 0) is 6.54 Å². The van der Waals surface area contributed by atoms with E-state index in [0.717, 1.165) is 31.5 Å². The number of carboxylic acid groups (broad SMARTS) is 1. The summed E-state index contributed by atoms with van der Waals surface area (Å²) < 4.78 is 13.9. The fourth-order valence-corrected chi connectivity index (χ4v) is 2.27. The topological polar surface area (TPSA) is 40.5 Å².